The fourth-order valence-electron chi connectivity index (χ4n) is 7.31. The molecular formula is C54H43NS. The van der Waals surface area contributed by atoms with Crippen LogP contribution in [-0.2, 0) is 0 Å². The molecule has 0 bridgehead atoms. The van der Waals surface area contributed by atoms with E-state index >= 15 is 0 Å². The first-order valence-electron chi connectivity index (χ1n) is 19.0. The van der Waals surface area contributed by atoms with Gasteiger partial charge in [0.25, 0.3) is 0 Å². The molecule has 1 aromatic heterocycles. The molecule has 0 saturated heterocycles. The molecule has 0 atom stereocenters. The van der Waals surface area contributed by atoms with Crippen molar-refractivity contribution in [2.45, 2.75) is 6.92 Å². The topological polar surface area (TPSA) is 3.24 Å². The third-order valence-electron chi connectivity index (χ3n) is 10.3. The lowest BCUT2D eigenvalue weighted by Crippen LogP contribution is -2.08. The lowest BCUT2D eigenvalue weighted by atomic mass is 9.91. The molecule has 1 heterocycles. The Morgan fingerprint density at radius 2 is 1.09 bits per heavy atom. The van der Waals surface area contributed by atoms with E-state index in [2.05, 4.69) is 207 Å². The number of hydrogen-bond acceptors (Lipinski definition) is 2. The lowest BCUT2D eigenvalue weighted by molar-refractivity contribution is 1.21. The van der Waals surface area contributed by atoms with Crippen molar-refractivity contribution in [1.82, 2.24) is 0 Å². The van der Waals surface area contributed by atoms with Gasteiger partial charge in [-0.1, -0.05) is 170 Å². The van der Waals surface area contributed by atoms with Gasteiger partial charge in [-0.2, -0.15) is 0 Å². The quantitative estimate of drug-likeness (QED) is 0.140. The highest BCUT2D eigenvalue weighted by atomic mass is 32.1. The van der Waals surface area contributed by atoms with E-state index in [4.69, 9.17) is 0 Å². The first-order valence-corrected chi connectivity index (χ1v) is 19.9. The number of allylic oxidation sites excluding steroid dienone is 5. The monoisotopic (exact) mass is 737 g/mol. The third kappa shape index (κ3) is 7.75. The number of thiophene rings is 1. The van der Waals surface area contributed by atoms with Crippen molar-refractivity contribution in [3.05, 3.63) is 225 Å². The van der Waals surface area contributed by atoms with E-state index in [1.165, 1.54) is 86.8 Å². The molecule has 9 rings (SSSR count). The number of hydrogen-bond donors (Lipinski definition) is 0. The van der Waals surface area contributed by atoms with Gasteiger partial charge >= 0.3 is 0 Å². The summed E-state index contributed by atoms with van der Waals surface area (Å²) in [4.78, 5) is 2.23. The zero-order valence-corrected chi connectivity index (χ0v) is 32.6. The molecule has 0 unspecified atom stereocenters. The van der Waals surface area contributed by atoms with Crippen molar-refractivity contribution >= 4 is 59.2 Å². The molecule has 0 spiro atoms. The van der Waals surface area contributed by atoms with Gasteiger partial charge < -0.3 is 4.90 Å². The molecule has 0 radical (unpaired) electrons. The van der Waals surface area contributed by atoms with Gasteiger partial charge in [-0.25, -0.2) is 0 Å². The maximum atomic E-state index is 3.76. The molecule has 0 amide bonds. The van der Waals surface area contributed by atoms with E-state index in [-0.39, 0.29) is 0 Å². The minimum absolute atomic E-state index is 1.17. The van der Waals surface area contributed by atoms with Crippen molar-refractivity contribution in [2.24, 2.45) is 0 Å². The number of rotatable bonds is 8. The second-order valence-electron chi connectivity index (χ2n) is 13.8. The van der Waals surface area contributed by atoms with Crippen LogP contribution in [0.3, 0.4) is 0 Å². The molecule has 0 fully saturated rings. The molecular weight excluding hydrogens is 695 g/mol. The van der Waals surface area contributed by atoms with Crippen LogP contribution in [0.25, 0.3) is 69.9 Å². The number of fused-ring (bicyclic) bond motifs is 4. The minimum Gasteiger partial charge on any atom is -0.345 e. The van der Waals surface area contributed by atoms with Crippen LogP contribution in [-0.4, -0.2) is 7.05 Å². The van der Waals surface area contributed by atoms with E-state index in [9.17, 15) is 0 Å². The summed E-state index contributed by atoms with van der Waals surface area (Å²) in [5.41, 5.74) is 12.2. The van der Waals surface area contributed by atoms with Gasteiger partial charge in [-0.3, -0.25) is 0 Å². The normalized spacial score (nSPS) is 11.5. The molecule has 270 valence electrons. The van der Waals surface area contributed by atoms with Crippen LogP contribution in [0, 0.1) is 0 Å². The summed E-state index contributed by atoms with van der Waals surface area (Å²) < 4.78 is 2.66. The Labute approximate surface area is 334 Å². The summed E-state index contributed by atoms with van der Waals surface area (Å²) in [5.74, 6) is 0. The Morgan fingerprint density at radius 1 is 0.500 bits per heavy atom. The van der Waals surface area contributed by atoms with Gasteiger partial charge in [0.15, 0.2) is 0 Å². The lowest BCUT2D eigenvalue weighted by Gasteiger charge is -2.20. The molecule has 2 heteroatoms. The van der Waals surface area contributed by atoms with Gasteiger partial charge in [0.1, 0.15) is 0 Å². The van der Waals surface area contributed by atoms with Crippen molar-refractivity contribution in [2.75, 3.05) is 11.9 Å². The fourth-order valence-corrected chi connectivity index (χ4v) is 8.44. The van der Waals surface area contributed by atoms with E-state index < -0.39 is 0 Å². The Kier molecular flexibility index (Phi) is 10.8. The van der Waals surface area contributed by atoms with Crippen LogP contribution in [0.1, 0.15) is 12.5 Å². The molecule has 0 saturated carbocycles. The van der Waals surface area contributed by atoms with E-state index in [1.54, 1.807) is 0 Å². The Bertz CT molecular complexity index is 2810. The summed E-state index contributed by atoms with van der Waals surface area (Å²) in [6.07, 6.45) is 7.98. The molecule has 0 aliphatic carbocycles. The maximum absolute atomic E-state index is 3.76. The zero-order valence-electron chi connectivity index (χ0n) is 31.8. The Hall–Kier alpha value is -6.74. The molecule has 8 aromatic carbocycles. The SMILES string of the molecule is C=C/C=C(\C=C/C)c1ccc(-c2ccccc2)cc1.CN(c1ccccc1)c1ccc(-c2cc3sc4ccccc4c3cc2-c2ccc3ccccc3c2)cc1. The van der Waals surface area contributed by atoms with Crippen LogP contribution in [0.4, 0.5) is 11.4 Å². The smallest absolute Gasteiger partial charge is 0.0408 e. The number of benzene rings is 8. The van der Waals surface area contributed by atoms with Crippen LogP contribution in [0.5, 0.6) is 0 Å². The average molecular weight is 738 g/mol. The number of para-hydroxylation sites is 1. The predicted octanol–water partition coefficient (Wildman–Crippen LogP) is 15.8. The highest BCUT2D eigenvalue weighted by molar-refractivity contribution is 7.25. The second-order valence-corrected chi connectivity index (χ2v) is 14.9. The highest BCUT2D eigenvalue weighted by Gasteiger charge is 2.15. The maximum Gasteiger partial charge on any atom is 0.0408 e. The largest absolute Gasteiger partial charge is 0.345 e. The molecule has 0 aliphatic heterocycles. The van der Waals surface area contributed by atoms with Crippen molar-refractivity contribution in [3.63, 3.8) is 0 Å². The van der Waals surface area contributed by atoms with Crippen molar-refractivity contribution in [3.8, 4) is 33.4 Å². The van der Waals surface area contributed by atoms with Crippen LogP contribution in [0.15, 0.2) is 219 Å². The Morgan fingerprint density at radius 3 is 1.82 bits per heavy atom. The van der Waals surface area contributed by atoms with Gasteiger partial charge in [0, 0.05) is 38.6 Å². The molecule has 0 aliphatic rings. The van der Waals surface area contributed by atoms with E-state index in [1.807, 2.05) is 42.6 Å². The molecule has 9 aromatic rings. The summed E-state index contributed by atoms with van der Waals surface area (Å²) in [6.45, 7) is 5.79. The molecule has 56 heavy (non-hydrogen) atoms. The van der Waals surface area contributed by atoms with Gasteiger partial charge in [-0.05, 0) is 111 Å². The second kappa shape index (κ2) is 16.7. The summed E-state index contributed by atoms with van der Waals surface area (Å²) in [6, 6.07) is 67.4. The molecule has 1 nitrogen and oxygen atoms in total. The number of anilines is 2. The van der Waals surface area contributed by atoms with Crippen molar-refractivity contribution < 1.29 is 0 Å². The summed E-state index contributed by atoms with van der Waals surface area (Å²) in [5, 5.41) is 5.19. The van der Waals surface area contributed by atoms with Crippen molar-refractivity contribution in [1.29, 1.82) is 0 Å². The fraction of sp³-hybridized carbons (Fsp3) is 0.0370. The first-order chi connectivity index (χ1) is 27.6. The van der Waals surface area contributed by atoms with Gasteiger partial charge in [-0.15, -0.1) is 11.3 Å². The van der Waals surface area contributed by atoms with Crippen LogP contribution >= 0.6 is 11.3 Å². The van der Waals surface area contributed by atoms with E-state index in [0.717, 1.165) is 0 Å². The van der Waals surface area contributed by atoms with Crippen LogP contribution < -0.4 is 4.90 Å². The van der Waals surface area contributed by atoms with E-state index in [0.29, 0.717) is 0 Å². The predicted molar refractivity (Wildman–Crippen MR) is 247 cm³/mol. The Balaban J connectivity index is 0.000000196. The average Bonchev–Trinajstić information content (AvgIpc) is 3.64. The first kappa shape index (κ1) is 36.2. The third-order valence-corrected chi connectivity index (χ3v) is 11.4. The summed E-state index contributed by atoms with van der Waals surface area (Å²) in [7, 11) is 2.12. The highest BCUT2D eigenvalue weighted by Crippen LogP contribution is 2.43. The summed E-state index contributed by atoms with van der Waals surface area (Å²) >= 11 is 1.87. The van der Waals surface area contributed by atoms with Gasteiger partial charge in [0.05, 0.1) is 0 Å². The minimum atomic E-state index is 1.17. The number of nitrogens with zero attached hydrogens (tertiary/aromatic N) is 1. The molecule has 0 N–H and O–H groups in total. The van der Waals surface area contributed by atoms with Gasteiger partial charge in [0.2, 0.25) is 0 Å². The van der Waals surface area contributed by atoms with Crippen LogP contribution in [0.2, 0.25) is 0 Å². The standard InChI is InChI=1S/C35H25NS.C19H18/c1-36(28-11-3-2-4-12-28)29-19-17-25(18-20-29)32-23-35-33(30-13-7-8-14-34(30)37-35)22-31(32)27-16-15-24-9-5-6-10-26(24)21-27;1-3-8-16(9-4-2)18-12-14-19(15-13-18)17-10-6-5-7-11-17/h2-23H,1H3;3-15H,1H2,2H3/b;9-4-,16-8+. The zero-order chi connectivity index (χ0) is 38.3.